The van der Waals surface area contributed by atoms with Crippen molar-refractivity contribution in [1.29, 1.82) is 0 Å². The molecule has 220 valence electrons. The van der Waals surface area contributed by atoms with Crippen LogP contribution in [0.5, 0.6) is 0 Å². The standard InChI is InChI=1S/C30H35ClFN3O6/c1-7-12-40-27(38)25(35-28(39)41-29(2,3)4)30(5,6)18-13-20-23(22(32)14-18)33-16-21(24(20)36)26(37)34-15-17-8-10-19(31)11-9-17/h8-11,13-14,16,25H,7,12,15H2,1-6H3,(H,33,36)(H,34,37)(H,35,39). The molecule has 0 saturated heterocycles. The molecule has 2 amide bonds. The number of ether oxygens (including phenoxy) is 2. The molecule has 1 aromatic heterocycles. The Labute approximate surface area is 242 Å². The summed E-state index contributed by atoms with van der Waals surface area (Å²) in [6.45, 7) is 10.3. The highest BCUT2D eigenvalue weighted by Crippen LogP contribution is 2.31. The average Bonchev–Trinajstić information content (AvgIpc) is 2.89. The van der Waals surface area contributed by atoms with Crippen molar-refractivity contribution in [2.24, 2.45) is 0 Å². The van der Waals surface area contributed by atoms with Crippen molar-refractivity contribution >= 4 is 40.5 Å². The number of rotatable bonds is 9. The number of carbonyl (C=O) groups excluding carboxylic acids is 3. The van der Waals surface area contributed by atoms with E-state index in [4.69, 9.17) is 21.1 Å². The van der Waals surface area contributed by atoms with Crippen LogP contribution in [0.4, 0.5) is 9.18 Å². The Kier molecular flexibility index (Phi) is 9.81. The van der Waals surface area contributed by atoms with E-state index in [1.54, 1.807) is 58.9 Å². The van der Waals surface area contributed by atoms with Gasteiger partial charge < -0.3 is 25.1 Å². The first-order valence-electron chi connectivity index (χ1n) is 13.2. The Balaban J connectivity index is 1.99. The van der Waals surface area contributed by atoms with Crippen LogP contribution in [0, 0.1) is 5.82 Å². The number of aromatic nitrogens is 1. The zero-order valence-corrected chi connectivity index (χ0v) is 24.7. The maximum Gasteiger partial charge on any atom is 0.408 e. The number of pyridine rings is 1. The van der Waals surface area contributed by atoms with Crippen molar-refractivity contribution in [3.63, 3.8) is 0 Å². The van der Waals surface area contributed by atoms with Crippen LogP contribution in [-0.4, -0.2) is 41.2 Å². The second-order valence-electron chi connectivity index (χ2n) is 11.2. The summed E-state index contributed by atoms with van der Waals surface area (Å²) in [7, 11) is 0. The fourth-order valence-corrected chi connectivity index (χ4v) is 4.25. The maximum atomic E-state index is 15.3. The smallest absolute Gasteiger partial charge is 0.408 e. The zero-order chi connectivity index (χ0) is 30.5. The van der Waals surface area contributed by atoms with Crippen molar-refractivity contribution < 1.29 is 28.2 Å². The van der Waals surface area contributed by atoms with Crippen molar-refractivity contribution in [2.75, 3.05) is 6.61 Å². The normalized spacial score (nSPS) is 12.5. The van der Waals surface area contributed by atoms with E-state index in [2.05, 4.69) is 15.6 Å². The number of halogens is 2. The van der Waals surface area contributed by atoms with E-state index in [0.29, 0.717) is 11.4 Å². The lowest BCUT2D eigenvalue weighted by Gasteiger charge is -2.34. The van der Waals surface area contributed by atoms with Gasteiger partial charge in [0.25, 0.3) is 5.91 Å². The third-order valence-electron chi connectivity index (χ3n) is 6.36. The minimum Gasteiger partial charge on any atom is -0.464 e. The molecule has 0 saturated carbocycles. The van der Waals surface area contributed by atoms with E-state index in [-0.39, 0.29) is 35.2 Å². The lowest BCUT2D eigenvalue weighted by Crippen LogP contribution is -2.54. The van der Waals surface area contributed by atoms with Crippen molar-refractivity contribution in [3.05, 3.63) is 80.3 Å². The van der Waals surface area contributed by atoms with Gasteiger partial charge in [-0.1, -0.05) is 44.5 Å². The lowest BCUT2D eigenvalue weighted by atomic mass is 9.77. The molecule has 2 aromatic carbocycles. The van der Waals surface area contributed by atoms with E-state index in [9.17, 15) is 19.2 Å². The van der Waals surface area contributed by atoms with Gasteiger partial charge >= 0.3 is 12.1 Å². The van der Waals surface area contributed by atoms with Gasteiger partial charge in [-0.05, 0) is 62.6 Å². The minimum atomic E-state index is -1.29. The molecular weight excluding hydrogens is 553 g/mol. The summed E-state index contributed by atoms with van der Waals surface area (Å²) in [4.78, 5) is 54.7. The summed E-state index contributed by atoms with van der Waals surface area (Å²) in [5.74, 6) is -2.16. The molecular formula is C30H35ClFN3O6. The summed E-state index contributed by atoms with van der Waals surface area (Å²) in [5, 5.41) is 5.68. The number of amides is 2. The van der Waals surface area contributed by atoms with Crippen LogP contribution in [0.15, 0.2) is 47.4 Å². The molecule has 9 nitrogen and oxygen atoms in total. The fourth-order valence-electron chi connectivity index (χ4n) is 4.12. The largest absolute Gasteiger partial charge is 0.464 e. The molecule has 0 radical (unpaired) electrons. The number of aromatic amines is 1. The van der Waals surface area contributed by atoms with Crippen molar-refractivity contribution in [3.8, 4) is 0 Å². The van der Waals surface area contributed by atoms with Gasteiger partial charge in [0.05, 0.1) is 12.1 Å². The summed E-state index contributed by atoms with van der Waals surface area (Å²) < 4.78 is 26.0. The van der Waals surface area contributed by atoms with Crippen LogP contribution in [0.3, 0.4) is 0 Å². The van der Waals surface area contributed by atoms with Crippen LogP contribution in [0.25, 0.3) is 10.9 Å². The van der Waals surface area contributed by atoms with Crippen LogP contribution in [0.2, 0.25) is 5.02 Å². The van der Waals surface area contributed by atoms with Gasteiger partial charge in [0.15, 0.2) is 0 Å². The van der Waals surface area contributed by atoms with Gasteiger partial charge in [-0.3, -0.25) is 9.59 Å². The van der Waals surface area contributed by atoms with Gasteiger partial charge in [-0.15, -0.1) is 0 Å². The van der Waals surface area contributed by atoms with Gasteiger partial charge in [-0.25, -0.2) is 14.0 Å². The average molecular weight is 588 g/mol. The number of hydrogen-bond donors (Lipinski definition) is 3. The molecule has 0 spiro atoms. The Morgan fingerprint density at radius 2 is 1.73 bits per heavy atom. The first-order chi connectivity index (χ1) is 19.1. The predicted molar refractivity (Wildman–Crippen MR) is 155 cm³/mol. The molecule has 0 fully saturated rings. The van der Waals surface area contributed by atoms with E-state index in [1.165, 1.54) is 12.1 Å². The first kappa shape index (κ1) is 31.6. The minimum absolute atomic E-state index is 0.0924. The Bertz CT molecular complexity index is 1500. The van der Waals surface area contributed by atoms with E-state index < -0.39 is 46.3 Å². The van der Waals surface area contributed by atoms with Crippen molar-refractivity contribution in [2.45, 2.75) is 71.6 Å². The second kappa shape index (κ2) is 12.7. The lowest BCUT2D eigenvalue weighted by molar-refractivity contribution is -0.148. The molecule has 0 aliphatic heterocycles. The molecule has 41 heavy (non-hydrogen) atoms. The summed E-state index contributed by atoms with van der Waals surface area (Å²) in [6, 6.07) is 8.14. The number of benzene rings is 2. The first-order valence-corrected chi connectivity index (χ1v) is 13.6. The van der Waals surface area contributed by atoms with Crippen LogP contribution in [0.1, 0.15) is 69.4 Å². The number of hydrogen-bond acceptors (Lipinski definition) is 6. The number of carbonyl (C=O) groups is 3. The third-order valence-corrected chi connectivity index (χ3v) is 6.61. The van der Waals surface area contributed by atoms with E-state index >= 15 is 4.39 Å². The Hall–Kier alpha value is -3.92. The van der Waals surface area contributed by atoms with E-state index in [0.717, 1.165) is 11.8 Å². The predicted octanol–water partition coefficient (Wildman–Crippen LogP) is 5.37. The van der Waals surface area contributed by atoms with Crippen LogP contribution < -0.4 is 16.1 Å². The molecule has 0 aliphatic carbocycles. The molecule has 1 atom stereocenters. The Morgan fingerprint density at radius 3 is 2.34 bits per heavy atom. The van der Waals surface area contributed by atoms with Gasteiger partial charge in [0.2, 0.25) is 5.43 Å². The van der Waals surface area contributed by atoms with Crippen molar-refractivity contribution in [1.82, 2.24) is 15.6 Å². The number of fused-ring (bicyclic) bond motifs is 1. The second-order valence-corrected chi connectivity index (χ2v) is 11.6. The SMILES string of the molecule is CCCOC(=O)C(NC(=O)OC(C)(C)C)C(C)(C)c1cc(F)c2[nH]cc(C(=O)NCc3ccc(Cl)cc3)c(=O)c2c1. The highest BCUT2D eigenvalue weighted by molar-refractivity contribution is 6.30. The molecule has 3 N–H and O–H groups in total. The van der Waals surface area contributed by atoms with Crippen LogP contribution in [-0.2, 0) is 26.2 Å². The van der Waals surface area contributed by atoms with Crippen LogP contribution >= 0.6 is 11.6 Å². The molecule has 1 heterocycles. The molecule has 11 heteroatoms. The number of nitrogens with one attached hydrogen (secondary N) is 3. The number of esters is 1. The Morgan fingerprint density at radius 1 is 1.07 bits per heavy atom. The summed E-state index contributed by atoms with van der Waals surface area (Å²) >= 11 is 5.90. The van der Waals surface area contributed by atoms with Gasteiger partial charge in [-0.2, -0.15) is 0 Å². The molecule has 0 aliphatic rings. The highest BCUT2D eigenvalue weighted by atomic mass is 35.5. The molecule has 3 aromatic rings. The zero-order valence-electron chi connectivity index (χ0n) is 23.9. The number of H-pyrrole nitrogens is 1. The topological polar surface area (TPSA) is 127 Å². The monoisotopic (exact) mass is 587 g/mol. The molecule has 0 bridgehead atoms. The van der Waals surface area contributed by atoms with Gasteiger partial charge in [0, 0.05) is 28.6 Å². The maximum absolute atomic E-state index is 15.3. The number of alkyl carbamates (subject to hydrolysis) is 1. The molecule has 1 unspecified atom stereocenters. The van der Waals surface area contributed by atoms with E-state index in [1.807, 2.05) is 6.92 Å². The molecule has 3 rings (SSSR count). The van der Waals surface area contributed by atoms with Gasteiger partial charge in [0.1, 0.15) is 23.0 Å². The summed E-state index contributed by atoms with van der Waals surface area (Å²) in [6.07, 6.45) is 0.849. The fraction of sp³-hybridized carbons (Fsp3) is 0.400. The summed E-state index contributed by atoms with van der Waals surface area (Å²) in [5.41, 5.74) is -2.13. The highest BCUT2D eigenvalue weighted by Gasteiger charge is 2.40. The third kappa shape index (κ3) is 7.85. The quantitative estimate of drug-likeness (QED) is 0.289.